The van der Waals surface area contributed by atoms with Gasteiger partial charge in [0.05, 0.1) is 0 Å². The molecule has 0 amide bonds. The van der Waals surface area contributed by atoms with Crippen LogP contribution in [0.1, 0.15) is 6.42 Å². The van der Waals surface area contributed by atoms with E-state index in [0.29, 0.717) is 4.73 Å². The van der Waals surface area contributed by atoms with E-state index in [-0.39, 0.29) is 18.2 Å². The summed E-state index contributed by atoms with van der Waals surface area (Å²) in [5.74, 6) is -0.453. The first-order valence-corrected chi connectivity index (χ1v) is 5.30. The second-order valence-corrected chi connectivity index (χ2v) is 3.98. The van der Waals surface area contributed by atoms with E-state index in [1.165, 1.54) is 4.68 Å². The quantitative estimate of drug-likeness (QED) is 0.840. The molecule has 0 saturated carbocycles. The van der Waals surface area contributed by atoms with Crippen LogP contribution in [0.4, 0.5) is 8.78 Å². The Morgan fingerprint density at radius 1 is 1.62 bits per heavy atom. The number of aromatic nitrogens is 3. The van der Waals surface area contributed by atoms with Crippen LogP contribution in [0.3, 0.4) is 0 Å². The minimum absolute atomic E-state index is 0.00208. The lowest BCUT2D eigenvalue weighted by Crippen LogP contribution is -2.10. The molecule has 1 aromatic rings. The van der Waals surface area contributed by atoms with Crippen molar-refractivity contribution in [3.63, 3.8) is 0 Å². The molecule has 1 atom stereocenters. The Morgan fingerprint density at radius 3 is 2.94 bits per heavy atom. The molecule has 1 unspecified atom stereocenters. The number of allylic oxidation sites excluding steroid dienone is 4. The lowest BCUT2D eigenvalue weighted by Gasteiger charge is -2.13. The lowest BCUT2D eigenvalue weighted by molar-refractivity contribution is 0.297. The van der Waals surface area contributed by atoms with Crippen LogP contribution in [0.5, 0.6) is 6.01 Å². The van der Waals surface area contributed by atoms with Crippen LogP contribution in [-0.2, 0) is 7.05 Å². The molecule has 0 spiro atoms. The zero-order valence-electron chi connectivity index (χ0n) is 8.32. The number of rotatable bonds is 2. The first kappa shape index (κ1) is 11.3. The molecule has 0 fully saturated rings. The van der Waals surface area contributed by atoms with Crippen molar-refractivity contribution in [2.45, 2.75) is 12.6 Å². The van der Waals surface area contributed by atoms with Gasteiger partial charge < -0.3 is 4.74 Å². The van der Waals surface area contributed by atoms with Gasteiger partial charge >= 0.3 is 6.01 Å². The molecule has 0 saturated heterocycles. The SMILES string of the molecule is Cn1nc(Br)nc1OC1=CC(F)=CC(F)C1. The maximum atomic E-state index is 13.0. The lowest BCUT2D eigenvalue weighted by atomic mass is 10.1. The van der Waals surface area contributed by atoms with E-state index in [1.54, 1.807) is 7.05 Å². The summed E-state index contributed by atoms with van der Waals surface area (Å²) in [6.07, 6.45) is 0.674. The van der Waals surface area contributed by atoms with Crippen LogP contribution < -0.4 is 4.74 Å². The van der Waals surface area contributed by atoms with Crippen molar-refractivity contribution in [1.82, 2.24) is 14.8 Å². The maximum Gasteiger partial charge on any atom is 0.320 e. The summed E-state index contributed by atoms with van der Waals surface area (Å²) >= 11 is 3.07. The van der Waals surface area contributed by atoms with Crippen LogP contribution in [-0.4, -0.2) is 20.9 Å². The summed E-state index contributed by atoms with van der Waals surface area (Å²) in [6.45, 7) is 0. The first-order valence-electron chi connectivity index (χ1n) is 4.51. The van der Waals surface area contributed by atoms with Gasteiger partial charge in [0.15, 0.2) is 0 Å². The average Bonchev–Trinajstić information content (AvgIpc) is 2.43. The summed E-state index contributed by atoms with van der Waals surface area (Å²) in [4.78, 5) is 3.90. The predicted molar refractivity (Wildman–Crippen MR) is 56.1 cm³/mol. The minimum Gasteiger partial charge on any atom is -0.429 e. The molecule has 2 rings (SSSR count). The van der Waals surface area contributed by atoms with Gasteiger partial charge in [-0.15, -0.1) is 5.10 Å². The molecular weight excluding hydrogens is 284 g/mol. The molecule has 4 nitrogen and oxygen atoms in total. The molecule has 0 N–H and O–H groups in total. The number of hydrogen-bond acceptors (Lipinski definition) is 3. The van der Waals surface area contributed by atoms with Crippen LogP contribution in [0.25, 0.3) is 0 Å². The fraction of sp³-hybridized carbons (Fsp3) is 0.333. The van der Waals surface area contributed by atoms with Gasteiger partial charge in [0.1, 0.15) is 17.8 Å². The monoisotopic (exact) mass is 291 g/mol. The molecule has 7 heteroatoms. The summed E-state index contributed by atoms with van der Waals surface area (Å²) in [5, 5.41) is 3.88. The smallest absolute Gasteiger partial charge is 0.320 e. The molecule has 16 heavy (non-hydrogen) atoms. The van der Waals surface area contributed by atoms with E-state index in [9.17, 15) is 8.78 Å². The van der Waals surface area contributed by atoms with Crippen molar-refractivity contribution in [2.75, 3.05) is 0 Å². The van der Waals surface area contributed by atoms with Crippen molar-refractivity contribution in [1.29, 1.82) is 0 Å². The zero-order valence-corrected chi connectivity index (χ0v) is 9.91. The summed E-state index contributed by atoms with van der Waals surface area (Å²) < 4.78 is 32.9. The van der Waals surface area contributed by atoms with E-state index >= 15 is 0 Å². The van der Waals surface area contributed by atoms with E-state index in [4.69, 9.17) is 4.74 Å². The number of aryl methyl sites for hydroxylation is 1. The van der Waals surface area contributed by atoms with Gasteiger partial charge in [-0.25, -0.2) is 13.5 Å². The highest BCUT2D eigenvalue weighted by atomic mass is 79.9. The molecule has 0 aromatic carbocycles. The highest BCUT2D eigenvalue weighted by molar-refractivity contribution is 9.10. The molecule has 1 aliphatic rings. The third-order valence-corrected chi connectivity index (χ3v) is 2.29. The number of alkyl halides is 1. The molecule has 86 valence electrons. The van der Waals surface area contributed by atoms with Crippen molar-refractivity contribution in [2.24, 2.45) is 7.05 Å². The van der Waals surface area contributed by atoms with Gasteiger partial charge in [-0.3, -0.25) is 0 Å². The van der Waals surface area contributed by atoms with Crippen LogP contribution in [0.2, 0.25) is 0 Å². The van der Waals surface area contributed by atoms with Gasteiger partial charge in [0.2, 0.25) is 4.73 Å². The Bertz CT molecular complexity index is 469. The number of halogens is 3. The Balaban J connectivity index is 2.16. The van der Waals surface area contributed by atoms with Gasteiger partial charge in [0.25, 0.3) is 0 Å². The predicted octanol–water partition coefficient (Wildman–Crippen LogP) is 2.44. The standard InChI is InChI=1S/C9H8BrF2N3O/c1-15-9(13-8(10)14-15)16-7-3-5(11)2-6(12)4-7/h2-3,6H,4H2,1H3. The highest BCUT2D eigenvalue weighted by Crippen LogP contribution is 2.23. The Hall–Kier alpha value is -1.24. The van der Waals surface area contributed by atoms with Crippen molar-refractivity contribution < 1.29 is 13.5 Å². The molecule has 0 bridgehead atoms. The molecular formula is C9H8BrF2N3O. The van der Waals surface area contributed by atoms with E-state index < -0.39 is 12.0 Å². The van der Waals surface area contributed by atoms with Crippen molar-refractivity contribution in [3.8, 4) is 6.01 Å². The summed E-state index contributed by atoms with van der Waals surface area (Å²) in [5.41, 5.74) is 0. The molecule has 1 aliphatic carbocycles. The highest BCUT2D eigenvalue weighted by Gasteiger charge is 2.18. The van der Waals surface area contributed by atoms with E-state index in [1.807, 2.05) is 0 Å². The average molecular weight is 292 g/mol. The van der Waals surface area contributed by atoms with Gasteiger partial charge in [-0.2, -0.15) is 4.98 Å². The third-order valence-electron chi connectivity index (χ3n) is 1.95. The Morgan fingerprint density at radius 2 is 2.38 bits per heavy atom. The number of ether oxygens (including phenoxy) is 1. The number of hydrogen-bond donors (Lipinski definition) is 0. The molecule has 0 radical (unpaired) electrons. The zero-order chi connectivity index (χ0) is 11.7. The van der Waals surface area contributed by atoms with Crippen LogP contribution in [0.15, 0.2) is 28.5 Å². The first-order chi connectivity index (χ1) is 7.54. The van der Waals surface area contributed by atoms with Crippen molar-refractivity contribution in [3.05, 3.63) is 28.5 Å². The third kappa shape index (κ3) is 2.46. The Labute approximate surface area is 98.7 Å². The normalized spacial score (nSPS) is 20.4. The summed E-state index contributed by atoms with van der Waals surface area (Å²) in [6, 6.07) is 0.181. The fourth-order valence-electron chi connectivity index (χ4n) is 1.30. The summed E-state index contributed by atoms with van der Waals surface area (Å²) in [7, 11) is 1.62. The second-order valence-electron chi connectivity index (χ2n) is 3.27. The molecule has 0 aliphatic heterocycles. The van der Waals surface area contributed by atoms with Crippen LogP contribution in [0, 0.1) is 0 Å². The molecule has 1 aromatic heterocycles. The van der Waals surface area contributed by atoms with E-state index in [0.717, 1.165) is 12.2 Å². The van der Waals surface area contributed by atoms with Gasteiger partial charge in [0, 0.05) is 19.5 Å². The topological polar surface area (TPSA) is 39.9 Å². The van der Waals surface area contributed by atoms with E-state index in [2.05, 4.69) is 26.0 Å². The maximum absolute atomic E-state index is 13.0. The van der Waals surface area contributed by atoms with Crippen LogP contribution >= 0.6 is 15.9 Å². The minimum atomic E-state index is -1.36. The fourth-order valence-corrected chi connectivity index (χ4v) is 1.69. The number of nitrogens with zero attached hydrogens (tertiary/aromatic N) is 3. The van der Waals surface area contributed by atoms with Crippen molar-refractivity contribution >= 4 is 15.9 Å². The largest absolute Gasteiger partial charge is 0.429 e. The molecule has 1 heterocycles. The second kappa shape index (κ2) is 4.32. The van der Waals surface area contributed by atoms with Gasteiger partial charge in [-0.1, -0.05) is 0 Å². The van der Waals surface area contributed by atoms with Gasteiger partial charge in [-0.05, 0) is 22.0 Å². The Kier molecular flexibility index (Phi) is 3.04.